The van der Waals surface area contributed by atoms with E-state index in [2.05, 4.69) is 11.4 Å². The van der Waals surface area contributed by atoms with Crippen molar-refractivity contribution in [3.8, 4) is 0 Å². The number of rotatable bonds is 4. The fourth-order valence-electron chi connectivity index (χ4n) is 1.49. The maximum Gasteiger partial charge on any atom is 0.142 e. The number of nitrogens with zero attached hydrogens (tertiary/aromatic N) is 1. The summed E-state index contributed by atoms with van der Waals surface area (Å²) in [7, 11) is 0. The summed E-state index contributed by atoms with van der Waals surface area (Å²) in [5.41, 5.74) is 3.10. The third kappa shape index (κ3) is 3.90. The third-order valence-electron chi connectivity index (χ3n) is 2.40. The van der Waals surface area contributed by atoms with E-state index in [4.69, 9.17) is 16.4 Å². The van der Waals surface area contributed by atoms with Gasteiger partial charge in [-0.2, -0.15) is 0 Å². The number of benzene rings is 2. The molecular formula is C15H13ClNO. The van der Waals surface area contributed by atoms with Crippen molar-refractivity contribution < 1.29 is 4.84 Å². The van der Waals surface area contributed by atoms with E-state index < -0.39 is 0 Å². The highest BCUT2D eigenvalue weighted by atomic mass is 35.5. The Morgan fingerprint density at radius 2 is 1.94 bits per heavy atom. The SMILES string of the molecule is Cc1cccc(/[C]=N\OCc2ccc(Cl)cc2)c1. The normalized spacial score (nSPS) is 10.8. The summed E-state index contributed by atoms with van der Waals surface area (Å²) in [5, 5.41) is 4.53. The molecule has 0 heterocycles. The van der Waals surface area contributed by atoms with Gasteiger partial charge < -0.3 is 4.84 Å². The van der Waals surface area contributed by atoms with Crippen LogP contribution in [-0.4, -0.2) is 6.21 Å². The Balaban J connectivity index is 1.87. The van der Waals surface area contributed by atoms with Crippen molar-refractivity contribution in [1.82, 2.24) is 0 Å². The Morgan fingerprint density at radius 1 is 1.17 bits per heavy atom. The lowest BCUT2D eigenvalue weighted by Crippen LogP contribution is -1.88. The van der Waals surface area contributed by atoms with Crippen LogP contribution >= 0.6 is 11.6 Å². The fraction of sp³-hybridized carbons (Fsp3) is 0.133. The minimum Gasteiger partial charge on any atom is -0.390 e. The van der Waals surface area contributed by atoms with Crippen molar-refractivity contribution in [1.29, 1.82) is 0 Å². The summed E-state index contributed by atoms with van der Waals surface area (Å²) in [6, 6.07) is 15.4. The first-order chi connectivity index (χ1) is 8.74. The molecule has 2 aromatic rings. The second-order valence-electron chi connectivity index (χ2n) is 3.97. The minimum atomic E-state index is 0.413. The molecule has 0 aliphatic heterocycles. The van der Waals surface area contributed by atoms with Crippen molar-refractivity contribution in [3.63, 3.8) is 0 Å². The monoisotopic (exact) mass is 258 g/mol. The number of hydrogen-bond donors (Lipinski definition) is 0. The second kappa shape index (κ2) is 6.22. The highest BCUT2D eigenvalue weighted by Gasteiger charge is 1.93. The first-order valence-corrected chi connectivity index (χ1v) is 6.01. The molecule has 0 atom stereocenters. The molecule has 2 nitrogen and oxygen atoms in total. The van der Waals surface area contributed by atoms with E-state index in [1.807, 2.05) is 55.5 Å². The molecule has 0 N–H and O–H groups in total. The smallest absolute Gasteiger partial charge is 0.142 e. The van der Waals surface area contributed by atoms with Crippen LogP contribution in [-0.2, 0) is 11.4 Å². The van der Waals surface area contributed by atoms with E-state index in [9.17, 15) is 0 Å². The summed E-state index contributed by atoms with van der Waals surface area (Å²) in [6.07, 6.45) is 2.84. The van der Waals surface area contributed by atoms with Crippen molar-refractivity contribution in [3.05, 3.63) is 70.2 Å². The Hall–Kier alpha value is -1.80. The molecule has 91 valence electrons. The Bertz CT molecular complexity index is 534. The van der Waals surface area contributed by atoms with Gasteiger partial charge in [0.2, 0.25) is 0 Å². The van der Waals surface area contributed by atoms with Crippen molar-refractivity contribution in [2.24, 2.45) is 5.16 Å². The molecule has 0 amide bonds. The first kappa shape index (κ1) is 12.7. The van der Waals surface area contributed by atoms with Crippen LogP contribution < -0.4 is 0 Å². The predicted octanol–water partition coefficient (Wildman–Crippen LogP) is 4.08. The molecule has 0 aliphatic carbocycles. The maximum atomic E-state index is 5.79. The number of aryl methyl sites for hydroxylation is 1. The van der Waals surface area contributed by atoms with E-state index in [-0.39, 0.29) is 0 Å². The summed E-state index contributed by atoms with van der Waals surface area (Å²) in [4.78, 5) is 5.17. The molecule has 18 heavy (non-hydrogen) atoms. The van der Waals surface area contributed by atoms with Crippen molar-refractivity contribution >= 4 is 17.8 Å². The van der Waals surface area contributed by atoms with Gasteiger partial charge in [0.15, 0.2) is 0 Å². The maximum absolute atomic E-state index is 5.79. The molecule has 0 unspecified atom stereocenters. The first-order valence-electron chi connectivity index (χ1n) is 5.63. The van der Waals surface area contributed by atoms with Gasteiger partial charge in [0, 0.05) is 10.6 Å². The second-order valence-corrected chi connectivity index (χ2v) is 4.41. The van der Waals surface area contributed by atoms with Crippen LogP contribution in [0.5, 0.6) is 0 Å². The summed E-state index contributed by atoms with van der Waals surface area (Å²) in [5.74, 6) is 0. The van der Waals surface area contributed by atoms with Gasteiger partial charge in [-0.05, 0) is 30.7 Å². The zero-order chi connectivity index (χ0) is 12.8. The van der Waals surface area contributed by atoms with Crippen molar-refractivity contribution in [2.75, 3.05) is 0 Å². The summed E-state index contributed by atoms with van der Waals surface area (Å²) >= 11 is 5.79. The lowest BCUT2D eigenvalue weighted by Gasteiger charge is -1.99. The average Bonchev–Trinajstić information content (AvgIpc) is 2.37. The lowest BCUT2D eigenvalue weighted by atomic mass is 10.2. The lowest BCUT2D eigenvalue weighted by molar-refractivity contribution is 0.132. The van der Waals surface area contributed by atoms with Gasteiger partial charge in [-0.25, -0.2) is 0 Å². The molecule has 2 aromatic carbocycles. The molecule has 2 rings (SSSR count). The molecule has 0 aliphatic rings. The molecular weight excluding hydrogens is 246 g/mol. The van der Waals surface area contributed by atoms with Crippen LogP contribution in [0.1, 0.15) is 16.7 Å². The van der Waals surface area contributed by atoms with Gasteiger partial charge >= 0.3 is 0 Å². The van der Waals surface area contributed by atoms with Crippen LogP contribution in [0, 0.1) is 6.92 Å². The minimum absolute atomic E-state index is 0.413. The number of hydrogen-bond acceptors (Lipinski definition) is 2. The molecule has 0 saturated carbocycles. The zero-order valence-electron chi connectivity index (χ0n) is 10.1. The summed E-state index contributed by atoms with van der Waals surface area (Å²) < 4.78 is 0. The standard InChI is InChI=1S/C15H13ClNO/c1-12-3-2-4-14(9-12)10-17-18-11-13-5-7-15(16)8-6-13/h2-9H,11H2,1H3. The third-order valence-corrected chi connectivity index (χ3v) is 2.65. The van der Waals surface area contributed by atoms with Gasteiger partial charge in [0.25, 0.3) is 0 Å². The Morgan fingerprint density at radius 3 is 2.67 bits per heavy atom. The highest BCUT2D eigenvalue weighted by Crippen LogP contribution is 2.10. The quantitative estimate of drug-likeness (QED) is 0.598. The van der Waals surface area contributed by atoms with E-state index >= 15 is 0 Å². The van der Waals surface area contributed by atoms with Crippen LogP contribution in [0.3, 0.4) is 0 Å². The molecule has 3 heteroatoms. The molecule has 0 spiro atoms. The van der Waals surface area contributed by atoms with Gasteiger partial charge in [-0.3, -0.25) is 0 Å². The molecule has 0 fully saturated rings. The van der Waals surface area contributed by atoms with E-state index in [0.29, 0.717) is 11.6 Å². The van der Waals surface area contributed by atoms with Gasteiger partial charge in [0.05, 0.1) is 0 Å². The van der Waals surface area contributed by atoms with E-state index in [0.717, 1.165) is 11.1 Å². The van der Waals surface area contributed by atoms with Crippen LogP contribution in [0.15, 0.2) is 53.7 Å². The molecule has 1 radical (unpaired) electrons. The molecule has 0 aromatic heterocycles. The zero-order valence-corrected chi connectivity index (χ0v) is 10.8. The van der Waals surface area contributed by atoms with Gasteiger partial charge in [-0.1, -0.05) is 52.7 Å². The summed E-state index contributed by atoms with van der Waals surface area (Å²) in [6.45, 7) is 2.44. The van der Waals surface area contributed by atoms with Crippen LogP contribution in [0.25, 0.3) is 0 Å². The van der Waals surface area contributed by atoms with Crippen LogP contribution in [0.2, 0.25) is 5.02 Å². The van der Waals surface area contributed by atoms with E-state index in [1.165, 1.54) is 5.56 Å². The van der Waals surface area contributed by atoms with E-state index in [1.54, 1.807) is 0 Å². The molecule has 0 bridgehead atoms. The van der Waals surface area contributed by atoms with Crippen LogP contribution in [0.4, 0.5) is 0 Å². The average molecular weight is 259 g/mol. The Kier molecular flexibility index (Phi) is 4.37. The largest absolute Gasteiger partial charge is 0.390 e. The topological polar surface area (TPSA) is 21.6 Å². The van der Waals surface area contributed by atoms with Gasteiger partial charge in [0.1, 0.15) is 12.8 Å². The van der Waals surface area contributed by atoms with Crippen molar-refractivity contribution in [2.45, 2.75) is 13.5 Å². The number of halogens is 1. The fourth-order valence-corrected chi connectivity index (χ4v) is 1.61. The Labute approximate surface area is 112 Å². The molecule has 0 saturated heterocycles. The highest BCUT2D eigenvalue weighted by molar-refractivity contribution is 6.30. The predicted molar refractivity (Wildman–Crippen MR) is 74.0 cm³/mol. The van der Waals surface area contributed by atoms with Gasteiger partial charge in [-0.15, -0.1) is 0 Å².